The summed E-state index contributed by atoms with van der Waals surface area (Å²) in [6.45, 7) is 1.78. The van der Waals surface area contributed by atoms with Crippen molar-refractivity contribution >= 4 is 17.8 Å². The van der Waals surface area contributed by atoms with Gasteiger partial charge in [0.15, 0.2) is 12.4 Å². The first-order valence-corrected chi connectivity index (χ1v) is 8.18. The standard InChI is InChI=1S/C21H20O3/c1-15-5-7-16(8-6-15)9-12-21(23)24-14-20(22)19-11-10-17-3-2-4-18(17)13-19/h5-13H,2-4,14H2,1H3/b12-9+. The second-order valence-corrected chi connectivity index (χ2v) is 6.11. The van der Waals surface area contributed by atoms with Gasteiger partial charge in [0.1, 0.15) is 0 Å². The molecule has 2 aromatic carbocycles. The summed E-state index contributed by atoms with van der Waals surface area (Å²) < 4.78 is 5.05. The molecule has 0 amide bonds. The highest BCUT2D eigenvalue weighted by Crippen LogP contribution is 2.23. The Kier molecular flexibility index (Phi) is 4.90. The Morgan fingerprint density at radius 2 is 1.79 bits per heavy atom. The number of carbonyl (C=O) groups excluding carboxylic acids is 2. The van der Waals surface area contributed by atoms with Crippen molar-refractivity contribution in [3.05, 3.63) is 76.4 Å². The quantitative estimate of drug-likeness (QED) is 0.476. The summed E-state index contributed by atoms with van der Waals surface area (Å²) in [6.07, 6.45) is 6.28. The van der Waals surface area contributed by atoms with Crippen molar-refractivity contribution in [1.29, 1.82) is 0 Å². The van der Waals surface area contributed by atoms with Gasteiger partial charge in [-0.3, -0.25) is 4.79 Å². The third-order valence-corrected chi connectivity index (χ3v) is 4.26. The number of benzene rings is 2. The summed E-state index contributed by atoms with van der Waals surface area (Å²) in [5.74, 6) is -0.674. The van der Waals surface area contributed by atoms with Crippen molar-refractivity contribution in [1.82, 2.24) is 0 Å². The summed E-state index contributed by atoms with van der Waals surface area (Å²) in [5.41, 5.74) is 5.26. The van der Waals surface area contributed by atoms with Crippen LogP contribution < -0.4 is 0 Å². The number of aryl methyl sites for hydroxylation is 3. The van der Waals surface area contributed by atoms with E-state index >= 15 is 0 Å². The van der Waals surface area contributed by atoms with E-state index in [-0.39, 0.29) is 12.4 Å². The van der Waals surface area contributed by atoms with Gasteiger partial charge in [0.2, 0.25) is 0 Å². The van der Waals surface area contributed by atoms with Crippen molar-refractivity contribution in [3.8, 4) is 0 Å². The second kappa shape index (κ2) is 7.26. The number of carbonyl (C=O) groups is 2. The van der Waals surface area contributed by atoms with E-state index in [0.29, 0.717) is 5.56 Å². The number of esters is 1. The molecular formula is C21H20O3. The van der Waals surface area contributed by atoms with E-state index in [2.05, 4.69) is 0 Å². The van der Waals surface area contributed by atoms with Crippen molar-refractivity contribution in [2.24, 2.45) is 0 Å². The summed E-state index contributed by atoms with van der Waals surface area (Å²) in [6, 6.07) is 13.6. The van der Waals surface area contributed by atoms with Gasteiger partial charge in [-0.1, -0.05) is 42.0 Å². The predicted octanol–water partition coefficient (Wildman–Crippen LogP) is 3.92. The maximum atomic E-state index is 12.2. The van der Waals surface area contributed by atoms with Crippen LogP contribution in [0.2, 0.25) is 0 Å². The van der Waals surface area contributed by atoms with Crippen molar-refractivity contribution in [3.63, 3.8) is 0 Å². The molecule has 3 rings (SSSR count). The zero-order chi connectivity index (χ0) is 16.9. The molecule has 0 saturated heterocycles. The molecule has 24 heavy (non-hydrogen) atoms. The van der Waals surface area contributed by atoms with Gasteiger partial charge >= 0.3 is 5.97 Å². The molecule has 0 atom stereocenters. The van der Waals surface area contributed by atoms with Crippen LogP contribution in [0.1, 0.15) is 39.0 Å². The van der Waals surface area contributed by atoms with Crippen LogP contribution in [0.25, 0.3) is 6.08 Å². The Morgan fingerprint density at radius 3 is 2.58 bits per heavy atom. The van der Waals surface area contributed by atoms with E-state index in [0.717, 1.165) is 30.4 Å². The lowest BCUT2D eigenvalue weighted by Crippen LogP contribution is -2.12. The first-order chi connectivity index (χ1) is 11.6. The van der Waals surface area contributed by atoms with Crippen LogP contribution in [0.4, 0.5) is 0 Å². The molecule has 0 radical (unpaired) electrons. The van der Waals surface area contributed by atoms with Crippen LogP contribution in [0.15, 0.2) is 48.5 Å². The fourth-order valence-electron chi connectivity index (χ4n) is 2.86. The first-order valence-electron chi connectivity index (χ1n) is 8.18. The zero-order valence-electron chi connectivity index (χ0n) is 13.7. The average Bonchev–Trinajstić information content (AvgIpc) is 3.06. The van der Waals surface area contributed by atoms with Gasteiger partial charge in [-0.15, -0.1) is 0 Å². The minimum Gasteiger partial charge on any atom is -0.454 e. The molecule has 0 aromatic heterocycles. The smallest absolute Gasteiger partial charge is 0.331 e. The maximum absolute atomic E-state index is 12.2. The highest BCUT2D eigenvalue weighted by molar-refractivity contribution is 5.99. The summed E-state index contributed by atoms with van der Waals surface area (Å²) >= 11 is 0. The molecule has 0 aliphatic heterocycles. The molecule has 0 fully saturated rings. The Bertz CT molecular complexity index is 785. The second-order valence-electron chi connectivity index (χ2n) is 6.11. The van der Waals surface area contributed by atoms with Crippen molar-refractivity contribution in [2.45, 2.75) is 26.2 Å². The molecule has 3 nitrogen and oxygen atoms in total. The molecule has 0 heterocycles. The number of fused-ring (bicyclic) bond motifs is 1. The molecule has 1 aliphatic carbocycles. The number of hydrogen-bond donors (Lipinski definition) is 0. The van der Waals surface area contributed by atoms with Gasteiger partial charge in [-0.25, -0.2) is 4.79 Å². The van der Waals surface area contributed by atoms with Crippen LogP contribution in [0, 0.1) is 6.92 Å². The average molecular weight is 320 g/mol. The van der Waals surface area contributed by atoms with E-state index in [1.54, 1.807) is 6.08 Å². The summed E-state index contributed by atoms with van der Waals surface area (Å²) in [7, 11) is 0. The number of ketones is 1. The lowest BCUT2D eigenvalue weighted by atomic mass is 10.0. The lowest BCUT2D eigenvalue weighted by Gasteiger charge is -2.05. The van der Waals surface area contributed by atoms with E-state index < -0.39 is 5.97 Å². The molecule has 0 spiro atoms. The highest BCUT2D eigenvalue weighted by atomic mass is 16.5. The molecule has 2 aromatic rings. The monoisotopic (exact) mass is 320 g/mol. The number of ether oxygens (including phenoxy) is 1. The number of hydrogen-bond acceptors (Lipinski definition) is 3. The third-order valence-electron chi connectivity index (χ3n) is 4.26. The molecular weight excluding hydrogens is 300 g/mol. The van der Waals surface area contributed by atoms with Gasteiger partial charge in [0.25, 0.3) is 0 Å². The van der Waals surface area contributed by atoms with Gasteiger partial charge in [0, 0.05) is 11.6 Å². The SMILES string of the molecule is Cc1ccc(/C=C/C(=O)OCC(=O)c2ccc3c(c2)CCC3)cc1. The minimum atomic E-state index is -0.509. The molecule has 0 saturated carbocycles. The first kappa shape index (κ1) is 16.2. The van der Waals surface area contributed by atoms with Crippen molar-refractivity contribution < 1.29 is 14.3 Å². The fourth-order valence-corrected chi connectivity index (χ4v) is 2.86. The van der Waals surface area contributed by atoms with E-state index in [4.69, 9.17) is 4.74 Å². The van der Waals surface area contributed by atoms with E-state index in [1.165, 1.54) is 17.2 Å². The number of rotatable bonds is 5. The normalized spacial score (nSPS) is 13.0. The van der Waals surface area contributed by atoms with Crippen LogP contribution >= 0.6 is 0 Å². The maximum Gasteiger partial charge on any atom is 0.331 e. The molecule has 0 bridgehead atoms. The van der Waals surface area contributed by atoms with Crippen LogP contribution in [-0.2, 0) is 22.4 Å². The summed E-state index contributed by atoms with van der Waals surface area (Å²) in [4.78, 5) is 23.9. The Labute approximate surface area is 142 Å². The molecule has 1 aliphatic rings. The largest absolute Gasteiger partial charge is 0.454 e. The topological polar surface area (TPSA) is 43.4 Å². The van der Waals surface area contributed by atoms with Crippen LogP contribution in [-0.4, -0.2) is 18.4 Å². The molecule has 0 N–H and O–H groups in total. The molecule has 122 valence electrons. The van der Waals surface area contributed by atoms with E-state index in [1.807, 2.05) is 49.4 Å². The lowest BCUT2D eigenvalue weighted by molar-refractivity contribution is -0.136. The van der Waals surface area contributed by atoms with E-state index in [9.17, 15) is 9.59 Å². The van der Waals surface area contributed by atoms with Crippen LogP contribution in [0.5, 0.6) is 0 Å². The minimum absolute atomic E-state index is 0.165. The Morgan fingerprint density at radius 1 is 1.04 bits per heavy atom. The summed E-state index contributed by atoms with van der Waals surface area (Å²) in [5, 5.41) is 0. The van der Waals surface area contributed by atoms with Crippen molar-refractivity contribution in [2.75, 3.05) is 6.61 Å². The Balaban J connectivity index is 1.54. The predicted molar refractivity (Wildman–Crippen MR) is 94.0 cm³/mol. The highest BCUT2D eigenvalue weighted by Gasteiger charge is 2.14. The zero-order valence-corrected chi connectivity index (χ0v) is 13.7. The van der Waals surface area contributed by atoms with Crippen LogP contribution in [0.3, 0.4) is 0 Å². The van der Waals surface area contributed by atoms with Gasteiger partial charge in [-0.2, -0.15) is 0 Å². The Hall–Kier alpha value is -2.68. The molecule has 3 heteroatoms. The molecule has 0 unspecified atom stereocenters. The van der Waals surface area contributed by atoms with Gasteiger partial charge in [-0.05, 0) is 55.0 Å². The van der Waals surface area contributed by atoms with Gasteiger partial charge in [0.05, 0.1) is 0 Å². The fraction of sp³-hybridized carbons (Fsp3) is 0.238. The number of Topliss-reactive ketones (excluding diaryl/α,β-unsaturated/α-hetero) is 1. The third kappa shape index (κ3) is 3.99. The van der Waals surface area contributed by atoms with Gasteiger partial charge < -0.3 is 4.74 Å².